The number of rotatable bonds is 4. The number of nitrogens with zero attached hydrogens (tertiary/aromatic N) is 1. The molecule has 0 unspecified atom stereocenters. The van der Waals surface area contributed by atoms with Crippen molar-refractivity contribution >= 4 is 5.76 Å². The molecule has 0 heterocycles. The van der Waals surface area contributed by atoms with Gasteiger partial charge < -0.3 is 10.0 Å². The average Bonchev–Trinajstić information content (AvgIpc) is 2.33. The van der Waals surface area contributed by atoms with E-state index in [1.165, 1.54) is 0 Å². The van der Waals surface area contributed by atoms with Gasteiger partial charge in [0.1, 0.15) is 5.76 Å². The third-order valence-corrected chi connectivity index (χ3v) is 3.35. The lowest BCUT2D eigenvalue weighted by atomic mass is 9.87. The Labute approximate surface area is 124 Å². The Balaban J connectivity index is 3.47. The zero-order valence-corrected chi connectivity index (χ0v) is 13.9. The second kappa shape index (κ2) is 6.34. The first-order chi connectivity index (χ1) is 9.16. The summed E-state index contributed by atoms with van der Waals surface area (Å²) in [6, 6.07) is 10.5. The van der Waals surface area contributed by atoms with Crippen molar-refractivity contribution in [3.63, 3.8) is 0 Å². The first-order valence-electron chi connectivity index (χ1n) is 7.43. The molecular weight excluding hydrogens is 246 g/mol. The average molecular weight is 275 g/mol. The van der Waals surface area contributed by atoms with Gasteiger partial charge in [-0.2, -0.15) is 0 Å². The standard InChI is InChI=1S/C18H29NO/c1-13(2)19(14(3)4)17(18(5,6)7)16(20)15-11-9-8-10-12-15/h8-14,20H,1-7H3/b17-16-. The fourth-order valence-corrected chi connectivity index (χ4v) is 2.71. The van der Waals surface area contributed by atoms with E-state index in [1.807, 2.05) is 30.3 Å². The summed E-state index contributed by atoms with van der Waals surface area (Å²) in [5.74, 6) is 0.389. The summed E-state index contributed by atoms with van der Waals surface area (Å²) in [5, 5.41) is 10.8. The summed E-state index contributed by atoms with van der Waals surface area (Å²) < 4.78 is 0. The predicted molar refractivity (Wildman–Crippen MR) is 87.6 cm³/mol. The Kier molecular flexibility index (Phi) is 5.27. The lowest BCUT2D eigenvalue weighted by Crippen LogP contribution is -2.41. The molecule has 2 nitrogen and oxygen atoms in total. The maximum absolute atomic E-state index is 10.8. The van der Waals surface area contributed by atoms with Crippen LogP contribution in [0.25, 0.3) is 5.76 Å². The number of hydrogen-bond acceptors (Lipinski definition) is 2. The van der Waals surface area contributed by atoms with E-state index < -0.39 is 0 Å². The largest absolute Gasteiger partial charge is 0.505 e. The van der Waals surface area contributed by atoms with E-state index in [9.17, 15) is 5.11 Å². The van der Waals surface area contributed by atoms with E-state index >= 15 is 0 Å². The van der Waals surface area contributed by atoms with E-state index in [0.29, 0.717) is 17.8 Å². The van der Waals surface area contributed by atoms with Gasteiger partial charge in [-0.3, -0.25) is 0 Å². The number of hydrogen-bond donors (Lipinski definition) is 1. The van der Waals surface area contributed by atoms with Gasteiger partial charge in [0.05, 0.1) is 5.70 Å². The summed E-state index contributed by atoms with van der Waals surface area (Å²) in [4.78, 5) is 2.31. The molecule has 0 amide bonds. The van der Waals surface area contributed by atoms with Crippen LogP contribution in [0.15, 0.2) is 36.0 Å². The van der Waals surface area contributed by atoms with Crippen LogP contribution >= 0.6 is 0 Å². The molecule has 0 aliphatic rings. The van der Waals surface area contributed by atoms with Gasteiger partial charge in [-0.15, -0.1) is 0 Å². The SMILES string of the molecule is CC(C)N(/C(=C(\O)c1ccccc1)C(C)(C)C)C(C)C. The van der Waals surface area contributed by atoms with Crippen molar-refractivity contribution in [1.82, 2.24) is 4.90 Å². The molecule has 0 aromatic heterocycles. The molecule has 0 aliphatic carbocycles. The van der Waals surface area contributed by atoms with Gasteiger partial charge in [0, 0.05) is 23.1 Å². The van der Waals surface area contributed by atoms with Gasteiger partial charge in [0.15, 0.2) is 0 Å². The molecule has 0 fully saturated rings. The van der Waals surface area contributed by atoms with Crippen molar-refractivity contribution in [1.29, 1.82) is 0 Å². The van der Waals surface area contributed by atoms with Gasteiger partial charge >= 0.3 is 0 Å². The molecule has 0 saturated carbocycles. The fraction of sp³-hybridized carbons (Fsp3) is 0.556. The number of benzene rings is 1. The first-order valence-corrected chi connectivity index (χ1v) is 7.43. The molecule has 0 aliphatic heterocycles. The van der Waals surface area contributed by atoms with Crippen LogP contribution < -0.4 is 0 Å². The van der Waals surface area contributed by atoms with E-state index in [4.69, 9.17) is 0 Å². The first kappa shape index (κ1) is 16.6. The van der Waals surface area contributed by atoms with Crippen molar-refractivity contribution in [3.05, 3.63) is 41.6 Å². The summed E-state index contributed by atoms with van der Waals surface area (Å²) >= 11 is 0. The summed E-state index contributed by atoms with van der Waals surface area (Å²) in [7, 11) is 0. The highest BCUT2D eigenvalue weighted by Gasteiger charge is 2.30. The number of aliphatic hydroxyl groups is 1. The highest BCUT2D eigenvalue weighted by molar-refractivity contribution is 5.62. The molecule has 20 heavy (non-hydrogen) atoms. The lowest BCUT2D eigenvalue weighted by Gasteiger charge is -2.41. The Hall–Kier alpha value is -1.44. The van der Waals surface area contributed by atoms with Gasteiger partial charge in [0.25, 0.3) is 0 Å². The Bertz CT molecular complexity index is 444. The second-order valence-electron chi connectivity index (χ2n) is 6.91. The van der Waals surface area contributed by atoms with Crippen molar-refractivity contribution in [2.45, 2.75) is 60.5 Å². The summed E-state index contributed by atoms with van der Waals surface area (Å²) in [5.41, 5.74) is 1.77. The molecule has 0 radical (unpaired) electrons. The highest BCUT2D eigenvalue weighted by atomic mass is 16.3. The molecule has 1 aromatic carbocycles. The lowest BCUT2D eigenvalue weighted by molar-refractivity contribution is 0.178. The van der Waals surface area contributed by atoms with Crippen LogP contribution in [0, 0.1) is 5.41 Å². The number of aliphatic hydroxyl groups excluding tert-OH is 1. The van der Waals surface area contributed by atoms with Crippen molar-refractivity contribution in [2.75, 3.05) is 0 Å². The van der Waals surface area contributed by atoms with Gasteiger partial charge in [-0.25, -0.2) is 0 Å². The predicted octanol–water partition coefficient (Wildman–Crippen LogP) is 5.08. The minimum atomic E-state index is -0.117. The van der Waals surface area contributed by atoms with Crippen LogP contribution in [0.5, 0.6) is 0 Å². The van der Waals surface area contributed by atoms with Gasteiger partial charge in [0.2, 0.25) is 0 Å². The van der Waals surface area contributed by atoms with E-state index in [-0.39, 0.29) is 5.41 Å². The number of allylic oxidation sites excluding steroid dienone is 1. The molecule has 112 valence electrons. The van der Waals surface area contributed by atoms with E-state index in [1.54, 1.807) is 0 Å². The molecule has 1 aromatic rings. The molecular formula is C18H29NO. The summed E-state index contributed by atoms with van der Waals surface area (Å²) in [6.07, 6.45) is 0. The minimum Gasteiger partial charge on any atom is -0.505 e. The fourth-order valence-electron chi connectivity index (χ4n) is 2.71. The Morgan fingerprint density at radius 3 is 1.75 bits per heavy atom. The van der Waals surface area contributed by atoms with Crippen LogP contribution in [0.3, 0.4) is 0 Å². The Morgan fingerprint density at radius 1 is 0.950 bits per heavy atom. The maximum atomic E-state index is 10.8. The topological polar surface area (TPSA) is 23.5 Å². The van der Waals surface area contributed by atoms with Crippen LogP contribution in [-0.2, 0) is 0 Å². The molecule has 0 saturated heterocycles. The third kappa shape index (κ3) is 3.78. The molecule has 0 spiro atoms. The molecule has 0 atom stereocenters. The molecule has 1 N–H and O–H groups in total. The van der Waals surface area contributed by atoms with Crippen molar-refractivity contribution in [2.24, 2.45) is 5.41 Å². The van der Waals surface area contributed by atoms with Crippen LogP contribution in [0.1, 0.15) is 54.0 Å². The maximum Gasteiger partial charge on any atom is 0.142 e. The van der Waals surface area contributed by atoms with E-state index in [2.05, 4.69) is 53.4 Å². The zero-order valence-electron chi connectivity index (χ0n) is 13.9. The molecule has 0 bridgehead atoms. The smallest absolute Gasteiger partial charge is 0.142 e. The van der Waals surface area contributed by atoms with Crippen molar-refractivity contribution < 1.29 is 5.11 Å². The van der Waals surface area contributed by atoms with E-state index in [0.717, 1.165) is 11.3 Å². The van der Waals surface area contributed by atoms with Crippen molar-refractivity contribution in [3.8, 4) is 0 Å². The molecule has 1 rings (SSSR count). The summed E-state index contributed by atoms with van der Waals surface area (Å²) in [6.45, 7) is 15.1. The second-order valence-corrected chi connectivity index (χ2v) is 6.91. The minimum absolute atomic E-state index is 0.117. The Morgan fingerprint density at radius 2 is 1.40 bits per heavy atom. The normalized spacial score (nSPS) is 13.7. The highest BCUT2D eigenvalue weighted by Crippen LogP contribution is 2.36. The van der Waals surface area contributed by atoms with Gasteiger partial charge in [-0.05, 0) is 27.7 Å². The zero-order chi connectivity index (χ0) is 15.5. The van der Waals surface area contributed by atoms with Crippen LogP contribution in [-0.4, -0.2) is 22.1 Å². The van der Waals surface area contributed by atoms with Crippen LogP contribution in [0.2, 0.25) is 0 Å². The third-order valence-electron chi connectivity index (χ3n) is 3.35. The van der Waals surface area contributed by atoms with Crippen LogP contribution in [0.4, 0.5) is 0 Å². The monoisotopic (exact) mass is 275 g/mol. The van der Waals surface area contributed by atoms with Gasteiger partial charge in [-0.1, -0.05) is 51.1 Å². The quantitative estimate of drug-likeness (QED) is 0.775. The molecule has 2 heteroatoms.